The van der Waals surface area contributed by atoms with E-state index in [1.165, 1.54) is 12.1 Å². The fourth-order valence-corrected chi connectivity index (χ4v) is 3.95. The normalized spacial score (nSPS) is 18.1. The zero-order chi connectivity index (χ0) is 25.3. The monoisotopic (exact) mass is 494 g/mol. The lowest BCUT2D eigenvalue weighted by molar-refractivity contribution is -0.142. The summed E-state index contributed by atoms with van der Waals surface area (Å²) in [5.41, 5.74) is 0.609. The van der Waals surface area contributed by atoms with E-state index in [1.807, 2.05) is 13.8 Å². The summed E-state index contributed by atoms with van der Waals surface area (Å²) in [6.45, 7) is 4.59. The van der Waals surface area contributed by atoms with Crippen LogP contribution in [0.1, 0.15) is 38.7 Å². The summed E-state index contributed by atoms with van der Waals surface area (Å²) in [5.74, 6) is -2.62. The van der Waals surface area contributed by atoms with Gasteiger partial charge in [0.2, 0.25) is 17.7 Å². The topological polar surface area (TPSA) is 157 Å². The number of rotatable bonds is 12. The molecule has 11 heteroatoms. The molecule has 188 valence electrons. The van der Waals surface area contributed by atoms with Gasteiger partial charge < -0.3 is 31.5 Å². The highest BCUT2D eigenvalue weighted by atomic mass is 32.1. The van der Waals surface area contributed by atoms with Crippen LogP contribution in [0.15, 0.2) is 24.3 Å². The molecule has 0 spiro atoms. The van der Waals surface area contributed by atoms with E-state index in [9.17, 15) is 29.4 Å². The Hall–Kier alpha value is -2.79. The maximum atomic E-state index is 12.9. The van der Waals surface area contributed by atoms with Crippen molar-refractivity contribution < 1.29 is 29.4 Å². The standard InChI is InChI=1S/C23H34N4O6S/c1-13(2)10-17(25-20(29)16-4-3-9-24-16)21(30)27-19(12-34)22(31)26-18(23(32)33)11-14-5-7-15(28)8-6-14/h5-8,13,16-19,24,28,34H,3-4,9-12H2,1-2H3,(H,25,29)(H,26,31)(H,27,30)(H,32,33). The number of carbonyl (C=O) groups excluding carboxylic acids is 3. The fourth-order valence-electron chi connectivity index (χ4n) is 3.69. The minimum absolute atomic E-state index is 0.00495. The van der Waals surface area contributed by atoms with Crippen molar-refractivity contribution in [3.63, 3.8) is 0 Å². The molecule has 1 heterocycles. The molecule has 1 saturated heterocycles. The summed E-state index contributed by atoms with van der Waals surface area (Å²) in [4.78, 5) is 49.9. The molecular weight excluding hydrogens is 460 g/mol. The van der Waals surface area contributed by atoms with Gasteiger partial charge in [0, 0.05) is 12.2 Å². The third-order valence-corrected chi connectivity index (χ3v) is 5.89. The number of carbonyl (C=O) groups is 4. The van der Waals surface area contributed by atoms with Gasteiger partial charge in [-0.25, -0.2) is 4.79 Å². The Kier molecular flexibility index (Phi) is 10.6. The highest BCUT2D eigenvalue weighted by molar-refractivity contribution is 7.80. The summed E-state index contributed by atoms with van der Waals surface area (Å²) < 4.78 is 0. The minimum Gasteiger partial charge on any atom is -0.508 e. The predicted molar refractivity (Wildman–Crippen MR) is 130 cm³/mol. The van der Waals surface area contributed by atoms with Crippen molar-refractivity contribution in [2.75, 3.05) is 12.3 Å². The van der Waals surface area contributed by atoms with E-state index >= 15 is 0 Å². The minimum atomic E-state index is -1.24. The number of benzene rings is 1. The lowest BCUT2D eigenvalue weighted by atomic mass is 10.0. The molecule has 1 aliphatic rings. The van der Waals surface area contributed by atoms with E-state index in [0.717, 1.165) is 13.0 Å². The summed E-state index contributed by atoms with van der Waals surface area (Å²) in [7, 11) is 0. The van der Waals surface area contributed by atoms with Crippen molar-refractivity contribution in [1.29, 1.82) is 0 Å². The first-order chi connectivity index (χ1) is 16.1. The number of aromatic hydroxyl groups is 1. The van der Waals surface area contributed by atoms with Gasteiger partial charge in [0.1, 0.15) is 23.9 Å². The van der Waals surface area contributed by atoms with E-state index in [-0.39, 0.29) is 35.8 Å². The zero-order valence-corrected chi connectivity index (χ0v) is 20.3. The zero-order valence-electron chi connectivity index (χ0n) is 19.4. The fraction of sp³-hybridized carbons (Fsp3) is 0.565. The lowest BCUT2D eigenvalue weighted by Gasteiger charge is -2.25. The van der Waals surface area contributed by atoms with E-state index in [1.54, 1.807) is 12.1 Å². The van der Waals surface area contributed by atoms with Gasteiger partial charge in [-0.15, -0.1) is 0 Å². The van der Waals surface area contributed by atoms with Crippen molar-refractivity contribution in [2.24, 2.45) is 5.92 Å². The van der Waals surface area contributed by atoms with Crippen LogP contribution in [-0.4, -0.2) is 70.4 Å². The molecule has 34 heavy (non-hydrogen) atoms. The van der Waals surface area contributed by atoms with Crippen LogP contribution in [0.25, 0.3) is 0 Å². The van der Waals surface area contributed by atoms with Crippen molar-refractivity contribution >= 4 is 36.3 Å². The number of nitrogens with one attached hydrogen (secondary N) is 4. The van der Waals surface area contributed by atoms with Crippen LogP contribution in [0.3, 0.4) is 0 Å². The van der Waals surface area contributed by atoms with Gasteiger partial charge in [-0.05, 0) is 49.4 Å². The summed E-state index contributed by atoms with van der Waals surface area (Å²) in [6.07, 6.45) is 1.95. The highest BCUT2D eigenvalue weighted by Gasteiger charge is 2.31. The van der Waals surface area contributed by atoms with E-state index in [2.05, 4.69) is 33.9 Å². The number of amides is 3. The Labute approximate surface area is 204 Å². The third kappa shape index (κ3) is 8.53. The predicted octanol–water partition coefficient (Wildman–Crippen LogP) is 0.202. The van der Waals surface area contributed by atoms with Crippen LogP contribution in [0, 0.1) is 5.92 Å². The molecule has 1 aliphatic heterocycles. The van der Waals surface area contributed by atoms with Gasteiger partial charge in [0.25, 0.3) is 0 Å². The molecule has 6 N–H and O–H groups in total. The quantitative estimate of drug-likeness (QED) is 0.205. The molecule has 0 radical (unpaired) electrons. The first-order valence-corrected chi connectivity index (χ1v) is 12.0. The maximum Gasteiger partial charge on any atom is 0.326 e. The van der Waals surface area contributed by atoms with Crippen LogP contribution in [0.2, 0.25) is 0 Å². The third-order valence-electron chi connectivity index (χ3n) is 5.52. The van der Waals surface area contributed by atoms with Crippen molar-refractivity contribution in [1.82, 2.24) is 21.3 Å². The second-order valence-electron chi connectivity index (χ2n) is 8.85. The van der Waals surface area contributed by atoms with Crippen LogP contribution >= 0.6 is 12.6 Å². The Morgan fingerprint density at radius 3 is 2.18 bits per heavy atom. The molecule has 2 rings (SSSR count). The van der Waals surface area contributed by atoms with Crippen LogP contribution < -0.4 is 21.3 Å². The molecule has 1 fully saturated rings. The van der Waals surface area contributed by atoms with E-state index in [4.69, 9.17) is 0 Å². The van der Waals surface area contributed by atoms with Gasteiger partial charge >= 0.3 is 5.97 Å². The van der Waals surface area contributed by atoms with Gasteiger partial charge in [-0.3, -0.25) is 14.4 Å². The molecule has 1 aromatic carbocycles. The Morgan fingerprint density at radius 1 is 1.03 bits per heavy atom. The second-order valence-corrected chi connectivity index (χ2v) is 9.22. The van der Waals surface area contributed by atoms with Crippen LogP contribution in [0.4, 0.5) is 0 Å². The number of aliphatic carboxylic acids is 1. The first-order valence-electron chi connectivity index (χ1n) is 11.4. The van der Waals surface area contributed by atoms with Gasteiger partial charge in [-0.1, -0.05) is 26.0 Å². The Bertz CT molecular complexity index is 858. The number of phenolic OH excluding ortho intramolecular Hbond substituents is 1. The van der Waals surface area contributed by atoms with Crippen LogP contribution in [0.5, 0.6) is 5.75 Å². The number of carboxylic acid groups (broad SMARTS) is 1. The van der Waals surface area contributed by atoms with Crippen LogP contribution in [-0.2, 0) is 25.6 Å². The van der Waals surface area contributed by atoms with Gasteiger partial charge in [0.15, 0.2) is 0 Å². The Balaban J connectivity index is 2.02. The Morgan fingerprint density at radius 2 is 1.65 bits per heavy atom. The van der Waals surface area contributed by atoms with Crippen molar-refractivity contribution in [3.8, 4) is 5.75 Å². The number of hydrogen-bond acceptors (Lipinski definition) is 7. The summed E-state index contributed by atoms with van der Waals surface area (Å²) in [6, 6.07) is 2.47. The smallest absolute Gasteiger partial charge is 0.326 e. The molecule has 0 saturated carbocycles. The van der Waals surface area contributed by atoms with Crippen molar-refractivity contribution in [3.05, 3.63) is 29.8 Å². The molecule has 4 unspecified atom stereocenters. The molecule has 0 bridgehead atoms. The molecule has 1 aromatic rings. The van der Waals surface area contributed by atoms with Gasteiger partial charge in [-0.2, -0.15) is 12.6 Å². The number of thiol groups is 1. The average Bonchev–Trinajstić information content (AvgIpc) is 3.32. The number of phenols is 1. The van der Waals surface area contributed by atoms with E-state index < -0.39 is 35.9 Å². The number of carboxylic acids is 1. The molecular formula is C23H34N4O6S. The highest BCUT2D eigenvalue weighted by Crippen LogP contribution is 2.12. The summed E-state index contributed by atoms with van der Waals surface area (Å²) >= 11 is 4.15. The molecule has 4 atom stereocenters. The average molecular weight is 495 g/mol. The molecule has 0 aromatic heterocycles. The lowest BCUT2D eigenvalue weighted by Crippen LogP contribution is -2.58. The largest absolute Gasteiger partial charge is 0.508 e. The maximum absolute atomic E-state index is 12.9. The SMILES string of the molecule is CC(C)CC(NC(=O)C1CCCN1)C(=O)NC(CS)C(=O)NC(Cc1ccc(O)cc1)C(=O)O. The first kappa shape index (κ1) is 27.5. The van der Waals surface area contributed by atoms with Gasteiger partial charge in [0.05, 0.1) is 6.04 Å². The molecule has 3 amide bonds. The molecule has 10 nitrogen and oxygen atoms in total. The number of hydrogen-bond donors (Lipinski definition) is 7. The van der Waals surface area contributed by atoms with Crippen molar-refractivity contribution in [2.45, 2.75) is 63.7 Å². The van der Waals surface area contributed by atoms with E-state index in [0.29, 0.717) is 18.4 Å². The second kappa shape index (κ2) is 13.2. The summed E-state index contributed by atoms with van der Waals surface area (Å²) in [5, 5.41) is 29.8. The molecule has 0 aliphatic carbocycles.